The molecule has 0 amide bonds. The fourth-order valence-electron chi connectivity index (χ4n) is 3.16. The highest BCUT2D eigenvalue weighted by molar-refractivity contribution is 7.97. The van der Waals surface area contributed by atoms with E-state index < -0.39 is 0 Å². The maximum atomic E-state index is 5.55. The Balaban J connectivity index is 1.53. The summed E-state index contributed by atoms with van der Waals surface area (Å²) in [4.78, 5) is 3.95. The number of benzene rings is 1. The van der Waals surface area contributed by atoms with Crippen LogP contribution in [0, 0.1) is 0 Å². The molecule has 4 nitrogen and oxygen atoms in total. The molecule has 0 radical (unpaired) electrons. The topological polar surface area (TPSA) is 36.5 Å². The molecule has 0 bridgehead atoms. The lowest BCUT2D eigenvalue weighted by Crippen LogP contribution is -2.57. The molecule has 102 valence electrons. The van der Waals surface area contributed by atoms with Crippen molar-refractivity contribution >= 4 is 11.9 Å². The summed E-state index contributed by atoms with van der Waals surface area (Å²) in [5.74, 6) is 0. The van der Waals surface area contributed by atoms with Gasteiger partial charge in [-0.2, -0.15) is 0 Å². The van der Waals surface area contributed by atoms with Crippen molar-refractivity contribution in [3.05, 3.63) is 29.3 Å². The zero-order valence-corrected chi connectivity index (χ0v) is 11.7. The molecule has 2 unspecified atom stereocenters. The average molecular weight is 277 g/mol. The van der Waals surface area contributed by atoms with Crippen LogP contribution in [0.5, 0.6) is 0 Å². The third-order valence-electron chi connectivity index (χ3n) is 4.30. The monoisotopic (exact) mass is 277 g/mol. The fraction of sp³-hybridized carbons (Fsp3) is 0.571. The van der Waals surface area contributed by atoms with Gasteiger partial charge in [-0.1, -0.05) is 12.1 Å². The molecule has 1 aromatic carbocycles. The molecule has 3 heterocycles. The van der Waals surface area contributed by atoms with Crippen LogP contribution in [0.15, 0.2) is 23.1 Å². The number of nitrogens with zero attached hydrogens (tertiary/aromatic N) is 1. The zero-order chi connectivity index (χ0) is 12.7. The van der Waals surface area contributed by atoms with E-state index in [0.717, 1.165) is 39.4 Å². The number of hydrogen-bond acceptors (Lipinski definition) is 5. The normalized spacial score (nSPS) is 30.9. The van der Waals surface area contributed by atoms with Crippen molar-refractivity contribution in [3.8, 4) is 0 Å². The van der Waals surface area contributed by atoms with Crippen LogP contribution in [0.3, 0.4) is 0 Å². The Bertz CT molecular complexity index is 482. The number of rotatable bonds is 1. The lowest BCUT2D eigenvalue weighted by Gasteiger charge is -2.43. The molecule has 19 heavy (non-hydrogen) atoms. The van der Waals surface area contributed by atoms with E-state index in [9.17, 15) is 0 Å². The van der Waals surface area contributed by atoms with Gasteiger partial charge in [0.15, 0.2) is 0 Å². The third kappa shape index (κ3) is 2.30. The van der Waals surface area contributed by atoms with Gasteiger partial charge in [0.2, 0.25) is 0 Å². The number of nitrogens with one attached hydrogen (secondary N) is 2. The lowest BCUT2D eigenvalue weighted by atomic mass is 9.99. The molecule has 2 saturated heterocycles. The molecular formula is C14H19N3OS. The Hall–Kier alpha value is -0.590. The van der Waals surface area contributed by atoms with E-state index in [2.05, 4.69) is 33.1 Å². The molecule has 2 atom stereocenters. The van der Waals surface area contributed by atoms with Gasteiger partial charge in [0.25, 0.3) is 0 Å². The van der Waals surface area contributed by atoms with Crippen molar-refractivity contribution < 1.29 is 4.74 Å². The van der Waals surface area contributed by atoms with Crippen LogP contribution in [0.2, 0.25) is 0 Å². The van der Waals surface area contributed by atoms with Crippen LogP contribution < -0.4 is 10.0 Å². The molecule has 0 spiro atoms. The van der Waals surface area contributed by atoms with Gasteiger partial charge in [-0.3, -0.25) is 9.62 Å². The van der Waals surface area contributed by atoms with Crippen LogP contribution in [-0.4, -0.2) is 43.8 Å². The first-order valence-electron chi connectivity index (χ1n) is 6.98. The second kappa shape index (κ2) is 5.07. The molecule has 4 rings (SSSR count). The maximum Gasteiger partial charge on any atom is 0.0634 e. The Morgan fingerprint density at radius 2 is 2.37 bits per heavy atom. The largest absolute Gasteiger partial charge is 0.378 e. The van der Waals surface area contributed by atoms with Crippen molar-refractivity contribution in [2.24, 2.45) is 0 Å². The molecule has 2 fully saturated rings. The first-order valence-corrected chi connectivity index (χ1v) is 7.79. The summed E-state index contributed by atoms with van der Waals surface area (Å²) >= 11 is 1.74. The van der Waals surface area contributed by atoms with Crippen LogP contribution in [0.25, 0.3) is 0 Å². The first-order chi connectivity index (χ1) is 9.40. The number of ether oxygens (including phenoxy) is 1. The Labute approximate surface area is 118 Å². The Kier molecular flexibility index (Phi) is 3.25. The van der Waals surface area contributed by atoms with E-state index in [1.54, 1.807) is 11.9 Å². The van der Waals surface area contributed by atoms with Gasteiger partial charge < -0.3 is 10.1 Å². The standard InChI is InChI=1S/C14H19N3OS/c1-2-14-11(6-16-19-14)5-10(1)13-8-17-3-4-18-9-12(17)7-15-13/h1-2,5,12-13,15-16H,3-4,6-9H2. The maximum absolute atomic E-state index is 5.55. The summed E-state index contributed by atoms with van der Waals surface area (Å²) in [6.07, 6.45) is 0. The number of piperazine rings is 1. The number of morpholine rings is 1. The Morgan fingerprint density at radius 1 is 1.37 bits per heavy atom. The molecule has 0 aliphatic carbocycles. The van der Waals surface area contributed by atoms with Crippen molar-refractivity contribution in [1.29, 1.82) is 0 Å². The van der Waals surface area contributed by atoms with Crippen LogP contribution in [0.4, 0.5) is 0 Å². The van der Waals surface area contributed by atoms with E-state index >= 15 is 0 Å². The molecule has 0 saturated carbocycles. The van der Waals surface area contributed by atoms with Gasteiger partial charge in [-0.25, -0.2) is 0 Å². The second-order valence-electron chi connectivity index (χ2n) is 5.47. The van der Waals surface area contributed by atoms with E-state index in [-0.39, 0.29) is 0 Å². The molecule has 3 aliphatic rings. The van der Waals surface area contributed by atoms with E-state index in [4.69, 9.17) is 4.74 Å². The predicted molar refractivity (Wildman–Crippen MR) is 76.1 cm³/mol. The van der Waals surface area contributed by atoms with Crippen molar-refractivity contribution in [3.63, 3.8) is 0 Å². The van der Waals surface area contributed by atoms with Gasteiger partial charge >= 0.3 is 0 Å². The van der Waals surface area contributed by atoms with Gasteiger partial charge in [-0.15, -0.1) is 0 Å². The molecule has 5 heteroatoms. The van der Waals surface area contributed by atoms with E-state index in [1.165, 1.54) is 16.0 Å². The highest BCUT2D eigenvalue weighted by Crippen LogP contribution is 2.30. The van der Waals surface area contributed by atoms with Gasteiger partial charge in [0.05, 0.1) is 13.2 Å². The van der Waals surface area contributed by atoms with Crippen LogP contribution in [-0.2, 0) is 11.3 Å². The van der Waals surface area contributed by atoms with Crippen molar-refractivity contribution in [2.45, 2.75) is 23.5 Å². The molecule has 1 aromatic rings. The highest BCUT2D eigenvalue weighted by atomic mass is 32.2. The van der Waals surface area contributed by atoms with Gasteiger partial charge in [-0.05, 0) is 29.1 Å². The summed E-state index contributed by atoms with van der Waals surface area (Å²) in [6, 6.07) is 7.92. The minimum atomic E-state index is 0.463. The summed E-state index contributed by atoms with van der Waals surface area (Å²) in [7, 11) is 0. The number of hydrogen-bond donors (Lipinski definition) is 2. The van der Waals surface area contributed by atoms with Crippen LogP contribution in [0.1, 0.15) is 17.2 Å². The second-order valence-corrected chi connectivity index (χ2v) is 6.41. The van der Waals surface area contributed by atoms with Gasteiger partial charge in [0, 0.05) is 43.2 Å². The molecule has 2 N–H and O–H groups in total. The van der Waals surface area contributed by atoms with Crippen molar-refractivity contribution in [1.82, 2.24) is 14.9 Å². The Morgan fingerprint density at radius 3 is 3.37 bits per heavy atom. The SMILES string of the molecule is c1cc2c(cc1C1CN3CCOCC3CN1)CNS2. The molecule has 3 aliphatic heterocycles. The highest BCUT2D eigenvalue weighted by Gasteiger charge is 2.31. The smallest absolute Gasteiger partial charge is 0.0634 e. The predicted octanol–water partition coefficient (Wildman–Crippen LogP) is 1.14. The van der Waals surface area contributed by atoms with Crippen LogP contribution >= 0.6 is 11.9 Å². The lowest BCUT2D eigenvalue weighted by molar-refractivity contribution is -0.0263. The fourth-order valence-corrected chi connectivity index (χ4v) is 3.95. The van der Waals surface area contributed by atoms with Gasteiger partial charge in [0.1, 0.15) is 0 Å². The van der Waals surface area contributed by atoms with E-state index in [1.807, 2.05) is 0 Å². The molecule has 0 aromatic heterocycles. The third-order valence-corrected chi connectivity index (χ3v) is 5.20. The molecular weight excluding hydrogens is 258 g/mol. The minimum absolute atomic E-state index is 0.463. The minimum Gasteiger partial charge on any atom is -0.378 e. The summed E-state index contributed by atoms with van der Waals surface area (Å²) in [5.41, 5.74) is 2.86. The zero-order valence-electron chi connectivity index (χ0n) is 10.9. The number of fused-ring (bicyclic) bond motifs is 2. The quantitative estimate of drug-likeness (QED) is 0.753. The van der Waals surface area contributed by atoms with Crippen molar-refractivity contribution in [2.75, 3.05) is 32.8 Å². The first kappa shape index (κ1) is 12.2. The summed E-state index contributed by atoms with van der Waals surface area (Å²) in [6.45, 7) is 5.96. The average Bonchev–Trinajstić information content (AvgIpc) is 2.94. The summed E-state index contributed by atoms with van der Waals surface area (Å²) in [5, 5.41) is 3.68. The van der Waals surface area contributed by atoms with E-state index in [0.29, 0.717) is 12.1 Å². The summed E-state index contributed by atoms with van der Waals surface area (Å²) < 4.78 is 8.88.